The Kier molecular flexibility index (Phi) is 7.03. The second-order valence-corrected chi connectivity index (χ2v) is 6.78. The summed E-state index contributed by atoms with van der Waals surface area (Å²) >= 11 is 0. The largest absolute Gasteiger partial charge is 0.726 e. The van der Waals surface area contributed by atoms with Gasteiger partial charge in [-0.1, -0.05) is 60.7 Å². The second-order valence-electron chi connectivity index (χ2n) is 5.63. The smallest absolute Gasteiger partial charge is 0.217 e. The van der Waals surface area contributed by atoms with Crippen molar-refractivity contribution in [1.29, 1.82) is 0 Å². The lowest BCUT2D eigenvalue weighted by atomic mass is 9.86. The zero-order valence-electron chi connectivity index (χ0n) is 14.6. The van der Waals surface area contributed by atoms with Crippen molar-refractivity contribution >= 4 is 10.4 Å². The van der Waals surface area contributed by atoms with Crippen LogP contribution in [-0.2, 0) is 21.6 Å². The molecule has 0 saturated heterocycles. The fraction of sp³-hybridized carbons (Fsp3) is 0.150. The minimum Gasteiger partial charge on any atom is -0.726 e. The number of pyridine rings is 1. The van der Waals surface area contributed by atoms with E-state index >= 15 is 0 Å². The van der Waals surface area contributed by atoms with E-state index in [0.717, 1.165) is 7.11 Å². The highest BCUT2D eigenvalue weighted by molar-refractivity contribution is 7.80. The van der Waals surface area contributed by atoms with Gasteiger partial charge in [-0.05, 0) is 16.7 Å². The molecule has 2 aromatic carbocycles. The van der Waals surface area contributed by atoms with E-state index in [0.29, 0.717) is 5.92 Å². The average Bonchev–Trinajstić information content (AvgIpc) is 2.65. The molecule has 26 heavy (non-hydrogen) atoms. The SMILES string of the molecule is COS(=O)(=O)[O-].C[n+]1ccc(C(c2ccccc2)c2ccccc2)cc1. The van der Waals surface area contributed by atoms with Crippen LogP contribution in [0.2, 0.25) is 0 Å². The standard InChI is InChI=1S/C19H18N.CH4O4S/c1-20-14-12-18(13-15-20)19(16-8-4-2-5-9-16)17-10-6-3-7-11-17;1-5-6(2,3)4/h2-15,19H,1H3;1H3,(H,2,3,4)/q+1;/p-1. The molecule has 0 radical (unpaired) electrons. The highest BCUT2D eigenvalue weighted by Crippen LogP contribution is 2.30. The van der Waals surface area contributed by atoms with Gasteiger partial charge in [0.15, 0.2) is 12.4 Å². The number of benzene rings is 2. The number of hydrogen-bond donors (Lipinski definition) is 0. The quantitative estimate of drug-likeness (QED) is 0.402. The van der Waals surface area contributed by atoms with Gasteiger partial charge in [-0.25, -0.2) is 13.0 Å². The maximum Gasteiger partial charge on any atom is 0.217 e. The lowest BCUT2D eigenvalue weighted by molar-refractivity contribution is -0.671. The van der Waals surface area contributed by atoms with Crippen LogP contribution in [0.1, 0.15) is 22.6 Å². The fourth-order valence-electron chi connectivity index (χ4n) is 2.57. The van der Waals surface area contributed by atoms with Crippen molar-refractivity contribution in [2.75, 3.05) is 7.11 Å². The highest BCUT2D eigenvalue weighted by atomic mass is 32.3. The van der Waals surface area contributed by atoms with Crippen molar-refractivity contribution in [3.8, 4) is 0 Å². The second kappa shape index (κ2) is 9.24. The Morgan fingerprint density at radius 1 is 0.808 bits per heavy atom. The molecule has 0 aliphatic carbocycles. The van der Waals surface area contributed by atoms with Crippen LogP contribution in [0.15, 0.2) is 85.2 Å². The number of aromatic nitrogens is 1. The van der Waals surface area contributed by atoms with Gasteiger partial charge >= 0.3 is 0 Å². The van der Waals surface area contributed by atoms with Gasteiger partial charge < -0.3 is 4.55 Å². The highest BCUT2D eigenvalue weighted by Gasteiger charge is 2.16. The summed E-state index contributed by atoms with van der Waals surface area (Å²) in [5.41, 5.74) is 3.97. The summed E-state index contributed by atoms with van der Waals surface area (Å²) < 4.78 is 33.1. The monoisotopic (exact) mass is 371 g/mol. The molecule has 136 valence electrons. The molecule has 0 spiro atoms. The van der Waals surface area contributed by atoms with Crippen LogP contribution in [0.3, 0.4) is 0 Å². The summed E-state index contributed by atoms with van der Waals surface area (Å²) in [7, 11) is -1.56. The molecule has 0 unspecified atom stereocenters. The number of rotatable bonds is 4. The van der Waals surface area contributed by atoms with E-state index in [9.17, 15) is 13.0 Å². The zero-order chi connectivity index (χ0) is 19.0. The van der Waals surface area contributed by atoms with E-state index in [1.807, 2.05) is 7.05 Å². The Balaban J connectivity index is 0.000000352. The number of nitrogens with zero attached hydrogens (tertiary/aromatic N) is 1. The Morgan fingerprint density at radius 3 is 1.50 bits per heavy atom. The maximum atomic E-state index is 9.22. The summed E-state index contributed by atoms with van der Waals surface area (Å²) in [4.78, 5) is 0. The molecular formula is C20H21NO4S. The van der Waals surface area contributed by atoms with Crippen LogP contribution >= 0.6 is 0 Å². The zero-order valence-corrected chi connectivity index (χ0v) is 15.5. The van der Waals surface area contributed by atoms with E-state index in [1.54, 1.807) is 0 Å². The molecular weight excluding hydrogens is 350 g/mol. The lowest BCUT2D eigenvalue weighted by Gasteiger charge is -2.18. The van der Waals surface area contributed by atoms with E-state index in [2.05, 4.69) is 93.9 Å². The molecule has 1 heterocycles. The fourth-order valence-corrected chi connectivity index (χ4v) is 2.57. The van der Waals surface area contributed by atoms with Crippen LogP contribution in [0.25, 0.3) is 0 Å². The number of hydrogen-bond acceptors (Lipinski definition) is 4. The first-order chi connectivity index (χ1) is 12.4. The third-order valence-electron chi connectivity index (χ3n) is 3.81. The Hall–Kier alpha value is -2.54. The molecule has 1 aromatic heterocycles. The first-order valence-corrected chi connectivity index (χ1v) is 9.30. The number of aryl methyl sites for hydroxylation is 1. The molecule has 3 aromatic rings. The molecule has 0 aliphatic heterocycles. The van der Waals surface area contributed by atoms with Crippen LogP contribution in [-0.4, -0.2) is 20.1 Å². The third kappa shape index (κ3) is 6.07. The summed E-state index contributed by atoms with van der Waals surface area (Å²) in [6, 6.07) is 25.7. The predicted octanol–water partition coefficient (Wildman–Crippen LogP) is 2.78. The normalized spacial score (nSPS) is 10.9. The lowest BCUT2D eigenvalue weighted by Crippen LogP contribution is -2.26. The van der Waals surface area contributed by atoms with Gasteiger partial charge in [-0.2, -0.15) is 0 Å². The van der Waals surface area contributed by atoms with E-state index in [4.69, 9.17) is 0 Å². The Bertz CT molecular complexity index is 856. The van der Waals surface area contributed by atoms with Gasteiger partial charge in [0.2, 0.25) is 10.4 Å². The van der Waals surface area contributed by atoms with Gasteiger partial charge in [0.05, 0.1) is 7.11 Å². The Labute approximate surface area is 154 Å². The van der Waals surface area contributed by atoms with Crippen molar-refractivity contribution in [2.45, 2.75) is 5.92 Å². The van der Waals surface area contributed by atoms with Crippen molar-refractivity contribution in [3.05, 3.63) is 102 Å². The summed E-state index contributed by atoms with van der Waals surface area (Å²) in [6.07, 6.45) is 4.21. The van der Waals surface area contributed by atoms with Crippen molar-refractivity contribution in [3.63, 3.8) is 0 Å². The first kappa shape index (κ1) is 19.8. The molecule has 0 aliphatic rings. The Morgan fingerprint density at radius 2 is 1.15 bits per heavy atom. The minimum absolute atomic E-state index is 0.290. The van der Waals surface area contributed by atoms with Crippen LogP contribution in [0, 0.1) is 0 Å². The van der Waals surface area contributed by atoms with E-state index in [-0.39, 0.29) is 0 Å². The van der Waals surface area contributed by atoms with Gasteiger partial charge in [0.1, 0.15) is 7.05 Å². The van der Waals surface area contributed by atoms with Crippen LogP contribution < -0.4 is 4.57 Å². The predicted molar refractivity (Wildman–Crippen MR) is 98.2 cm³/mol. The topological polar surface area (TPSA) is 70.3 Å². The summed E-state index contributed by atoms with van der Waals surface area (Å²) in [6.45, 7) is 0. The van der Waals surface area contributed by atoms with Gasteiger partial charge in [0.25, 0.3) is 0 Å². The molecule has 3 rings (SSSR count). The maximum absolute atomic E-state index is 9.22. The van der Waals surface area contributed by atoms with Gasteiger partial charge in [-0.15, -0.1) is 0 Å². The molecule has 0 fully saturated rings. The van der Waals surface area contributed by atoms with Crippen molar-refractivity contribution in [1.82, 2.24) is 0 Å². The van der Waals surface area contributed by atoms with Crippen molar-refractivity contribution < 1.29 is 21.7 Å². The molecule has 5 nitrogen and oxygen atoms in total. The first-order valence-electron chi connectivity index (χ1n) is 7.97. The van der Waals surface area contributed by atoms with Crippen molar-refractivity contribution in [2.24, 2.45) is 7.05 Å². The average molecular weight is 371 g/mol. The molecule has 0 amide bonds. The van der Waals surface area contributed by atoms with Gasteiger partial charge in [-0.3, -0.25) is 4.18 Å². The molecule has 6 heteroatoms. The van der Waals surface area contributed by atoms with E-state index < -0.39 is 10.4 Å². The third-order valence-corrected chi connectivity index (χ3v) is 4.22. The van der Waals surface area contributed by atoms with Gasteiger partial charge in [0, 0.05) is 18.1 Å². The van der Waals surface area contributed by atoms with E-state index in [1.165, 1.54) is 16.7 Å². The van der Waals surface area contributed by atoms with Crippen LogP contribution in [0.4, 0.5) is 0 Å². The molecule has 0 saturated carbocycles. The summed E-state index contributed by atoms with van der Waals surface area (Å²) in [5, 5.41) is 0. The van der Waals surface area contributed by atoms with Crippen LogP contribution in [0.5, 0.6) is 0 Å². The molecule has 0 N–H and O–H groups in total. The summed E-state index contributed by atoms with van der Waals surface area (Å²) in [5.74, 6) is 0.290. The molecule has 0 bridgehead atoms. The molecule has 0 atom stereocenters. The minimum atomic E-state index is -4.41.